The summed E-state index contributed by atoms with van der Waals surface area (Å²) in [4.78, 5) is 0. The van der Waals surface area contributed by atoms with Gasteiger partial charge in [0.2, 0.25) is 0 Å². The Morgan fingerprint density at radius 1 is 1.33 bits per heavy atom. The fourth-order valence-corrected chi connectivity index (χ4v) is 2.36. The number of halogens is 2. The quantitative estimate of drug-likeness (QED) is 0.789. The third-order valence-electron chi connectivity index (χ3n) is 1.56. The lowest BCUT2D eigenvalue weighted by Gasteiger charge is -2.10. The van der Waals surface area contributed by atoms with Gasteiger partial charge in [0, 0.05) is 15.7 Å². The second-order valence-electron chi connectivity index (χ2n) is 2.25. The van der Waals surface area contributed by atoms with E-state index in [4.69, 9.17) is 10.5 Å². The molecule has 0 heterocycles. The Kier molecular flexibility index (Phi) is 4.04. The minimum atomic E-state index is 0.526. The lowest BCUT2D eigenvalue weighted by atomic mass is 10.2. The van der Waals surface area contributed by atoms with Crippen LogP contribution in [0.5, 0.6) is 5.75 Å². The first-order valence-corrected chi connectivity index (χ1v) is 5.57. The molecule has 66 valence electrons. The van der Waals surface area contributed by atoms with Crippen molar-refractivity contribution in [3.63, 3.8) is 0 Å². The first kappa shape index (κ1) is 10.5. The molecule has 0 aromatic heterocycles. The van der Waals surface area contributed by atoms with Crippen LogP contribution in [0.2, 0.25) is 0 Å². The van der Waals surface area contributed by atoms with E-state index in [1.807, 2.05) is 12.1 Å². The van der Waals surface area contributed by atoms with Gasteiger partial charge in [-0.3, -0.25) is 0 Å². The van der Waals surface area contributed by atoms with E-state index in [0.717, 1.165) is 18.5 Å². The average Bonchev–Trinajstić information content (AvgIpc) is 2.08. The number of nitrogens with two attached hydrogens (primary N) is 1. The van der Waals surface area contributed by atoms with Gasteiger partial charge in [-0.2, -0.15) is 0 Å². The van der Waals surface area contributed by atoms with Crippen LogP contribution in [0.25, 0.3) is 0 Å². The van der Waals surface area contributed by atoms with E-state index in [2.05, 4.69) is 45.2 Å². The third kappa shape index (κ3) is 2.02. The number of methoxy groups -OCH3 is 1. The number of benzene rings is 1. The molecule has 0 atom stereocenters. The van der Waals surface area contributed by atoms with Gasteiger partial charge in [0.25, 0.3) is 0 Å². The summed E-state index contributed by atoms with van der Waals surface area (Å²) in [5, 5.41) is 0. The molecular formula is C8H9I2NO. The summed E-state index contributed by atoms with van der Waals surface area (Å²) in [6, 6.07) is 4.08. The van der Waals surface area contributed by atoms with Crippen LogP contribution in [-0.2, 0) is 6.54 Å². The maximum Gasteiger partial charge on any atom is 0.137 e. The lowest BCUT2D eigenvalue weighted by Crippen LogP contribution is -2.03. The van der Waals surface area contributed by atoms with Crippen LogP contribution in [0, 0.1) is 7.14 Å². The third-order valence-corrected chi connectivity index (χ3v) is 3.42. The molecule has 0 aliphatic rings. The van der Waals surface area contributed by atoms with Crippen molar-refractivity contribution in [3.8, 4) is 5.75 Å². The molecule has 0 amide bonds. The Hall–Kier alpha value is 0.440. The van der Waals surface area contributed by atoms with Gasteiger partial charge in [-0.15, -0.1) is 0 Å². The van der Waals surface area contributed by atoms with Crippen molar-refractivity contribution in [2.45, 2.75) is 6.54 Å². The Morgan fingerprint density at radius 3 is 2.33 bits per heavy atom. The van der Waals surface area contributed by atoms with Gasteiger partial charge in [-0.05, 0) is 57.3 Å². The predicted molar refractivity (Wildman–Crippen MR) is 66.3 cm³/mol. The normalized spacial score (nSPS) is 10.0. The minimum Gasteiger partial charge on any atom is -0.495 e. The highest BCUT2D eigenvalue weighted by atomic mass is 127. The second-order valence-corrected chi connectivity index (χ2v) is 4.57. The number of hydrogen-bond acceptors (Lipinski definition) is 2. The van der Waals surface area contributed by atoms with Crippen molar-refractivity contribution in [1.29, 1.82) is 0 Å². The van der Waals surface area contributed by atoms with Crippen molar-refractivity contribution in [1.82, 2.24) is 0 Å². The van der Waals surface area contributed by atoms with Gasteiger partial charge in [0.1, 0.15) is 5.75 Å². The topological polar surface area (TPSA) is 35.2 Å². The summed E-state index contributed by atoms with van der Waals surface area (Å²) < 4.78 is 7.52. The fourth-order valence-electron chi connectivity index (χ4n) is 0.986. The van der Waals surface area contributed by atoms with Crippen LogP contribution in [-0.4, -0.2) is 7.11 Å². The van der Waals surface area contributed by atoms with Gasteiger partial charge in [0.15, 0.2) is 0 Å². The van der Waals surface area contributed by atoms with Crippen LogP contribution >= 0.6 is 45.2 Å². The molecule has 0 saturated heterocycles. The first-order valence-electron chi connectivity index (χ1n) is 3.41. The number of rotatable bonds is 2. The summed E-state index contributed by atoms with van der Waals surface area (Å²) in [6.45, 7) is 0.526. The van der Waals surface area contributed by atoms with Crippen LogP contribution in [0.1, 0.15) is 5.56 Å². The van der Waals surface area contributed by atoms with Gasteiger partial charge in [0.05, 0.1) is 10.7 Å². The molecule has 2 N–H and O–H groups in total. The lowest BCUT2D eigenvalue weighted by molar-refractivity contribution is 0.406. The van der Waals surface area contributed by atoms with E-state index < -0.39 is 0 Å². The Morgan fingerprint density at radius 2 is 1.92 bits per heavy atom. The van der Waals surface area contributed by atoms with Crippen molar-refractivity contribution < 1.29 is 4.74 Å². The summed E-state index contributed by atoms with van der Waals surface area (Å²) in [5.41, 5.74) is 6.70. The van der Waals surface area contributed by atoms with Gasteiger partial charge < -0.3 is 10.5 Å². The zero-order chi connectivity index (χ0) is 9.14. The largest absolute Gasteiger partial charge is 0.495 e. The highest BCUT2D eigenvalue weighted by Crippen LogP contribution is 2.28. The maximum atomic E-state index is 5.61. The summed E-state index contributed by atoms with van der Waals surface area (Å²) in [7, 11) is 1.67. The number of ether oxygens (including phenoxy) is 1. The monoisotopic (exact) mass is 389 g/mol. The molecule has 0 aliphatic heterocycles. The van der Waals surface area contributed by atoms with Crippen LogP contribution < -0.4 is 10.5 Å². The van der Waals surface area contributed by atoms with Gasteiger partial charge in [-0.1, -0.05) is 0 Å². The van der Waals surface area contributed by atoms with E-state index in [0.29, 0.717) is 6.54 Å². The van der Waals surface area contributed by atoms with Crippen LogP contribution in [0.3, 0.4) is 0 Å². The molecule has 0 radical (unpaired) electrons. The van der Waals surface area contributed by atoms with Crippen molar-refractivity contribution in [2.24, 2.45) is 5.73 Å². The van der Waals surface area contributed by atoms with E-state index in [1.54, 1.807) is 7.11 Å². The van der Waals surface area contributed by atoms with Crippen molar-refractivity contribution in [2.75, 3.05) is 7.11 Å². The first-order chi connectivity index (χ1) is 5.70. The van der Waals surface area contributed by atoms with E-state index in [-0.39, 0.29) is 0 Å². The summed E-state index contributed by atoms with van der Waals surface area (Å²) in [6.07, 6.45) is 0. The molecule has 1 rings (SSSR count). The second kappa shape index (κ2) is 4.61. The molecular weight excluding hydrogens is 380 g/mol. The summed E-state index contributed by atoms with van der Waals surface area (Å²) in [5.74, 6) is 0.907. The fraction of sp³-hybridized carbons (Fsp3) is 0.250. The molecule has 0 bridgehead atoms. The molecule has 0 unspecified atom stereocenters. The average molecular weight is 389 g/mol. The highest BCUT2D eigenvalue weighted by molar-refractivity contribution is 14.1. The van der Waals surface area contributed by atoms with Crippen LogP contribution in [0.4, 0.5) is 0 Å². The smallest absolute Gasteiger partial charge is 0.137 e. The molecule has 2 nitrogen and oxygen atoms in total. The molecule has 0 saturated carbocycles. The van der Waals surface area contributed by atoms with Gasteiger partial charge in [-0.25, -0.2) is 0 Å². The van der Waals surface area contributed by atoms with E-state index in [1.165, 1.54) is 0 Å². The molecule has 1 aromatic rings. The molecule has 0 aliphatic carbocycles. The SMILES string of the molecule is COc1c(I)ccc(I)c1CN. The number of hydrogen-bond donors (Lipinski definition) is 1. The Bertz CT molecular complexity index is 260. The standard InChI is InChI=1S/C8H9I2NO/c1-12-8-5(4-11)6(9)2-3-7(8)10/h2-3H,4,11H2,1H3. The van der Waals surface area contributed by atoms with Crippen molar-refractivity contribution >= 4 is 45.2 Å². The summed E-state index contributed by atoms with van der Waals surface area (Å²) >= 11 is 4.50. The van der Waals surface area contributed by atoms with Crippen molar-refractivity contribution in [3.05, 3.63) is 24.8 Å². The Labute approximate surface area is 99.1 Å². The zero-order valence-corrected chi connectivity index (χ0v) is 10.9. The molecule has 0 fully saturated rings. The minimum absolute atomic E-state index is 0.526. The molecule has 4 heteroatoms. The molecule has 0 spiro atoms. The van der Waals surface area contributed by atoms with E-state index in [9.17, 15) is 0 Å². The highest BCUT2D eigenvalue weighted by Gasteiger charge is 2.08. The molecule has 12 heavy (non-hydrogen) atoms. The maximum absolute atomic E-state index is 5.61. The zero-order valence-electron chi connectivity index (χ0n) is 6.60. The van der Waals surface area contributed by atoms with Crippen LogP contribution in [0.15, 0.2) is 12.1 Å². The Balaban J connectivity index is 3.28. The van der Waals surface area contributed by atoms with E-state index >= 15 is 0 Å². The predicted octanol–water partition coefficient (Wildman–Crippen LogP) is 2.36. The van der Waals surface area contributed by atoms with Gasteiger partial charge >= 0.3 is 0 Å². The molecule has 1 aromatic carbocycles.